The fourth-order valence-corrected chi connectivity index (χ4v) is 4.82. The van der Waals surface area contributed by atoms with Crippen LogP contribution in [0.3, 0.4) is 0 Å². The van der Waals surface area contributed by atoms with E-state index in [4.69, 9.17) is 0 Å². The van der Waals surface area contributed by atoms with Crippen molar-refractivity contribution in [3.63, 3.8) is 0 Å². The van der Waals surface area contributed by atoms with Gasteiger partial charge in [0.25, 0.3) is 0 Å². The number of rotatable bonds is 8. The zero-order chi connectivity index (χ0) is 19.3. The number of aromatic nitrogens is 1. The van der Waals surface area contributed by atoms with Crippen LogP contribution in [-0.4, -0.2) is 23.0 Å². The number of hydrogen-bond acceptors (Lipinski definition) is 6. The number of nitrogens with one attached hydrogen (secondary N) is 2. The Labute approximate surface area is 180 Å². The zero-order valence-electron chi connectivity index (χ0n) is 15.1. The Hall–Kier alpha value is -1.61. The third kappa shape index (κ3) is 4.86. The molecule has 2 aromatic carbocycles. The lowest BCUT2D eigenvalue weighted by atomic mass is 10.1. The largest absolute Gasteiger partial charge is 0.380 e. The Morgan fingerprint density at radius 1 is 1.21 bits per heavy atom. The van der Waals surface area contributed by atoms with Gasteiger partial charge in [-0.25, -0.2) is 9.37 Å². The first-order valence-corrected chi connectivity index (χ1v) is 11.6. The molecule has 1 fully saturated rings. The molecule has 0 bridgehead atoms. The molecule has 1 aliphatic rings. The van der Waals surface area contributed by atoms with E-state index in [9.17, 15) is 4.39 Å². The minimum Gasteiger partial charge on any atom is -0.380 e. The van der Waals surface area contributed by atoms with Gasteiger partial charge in [0.05, 0.1) is 16.1 Å². The topological polar surface area (TPSA) is 40.2 Å². The molecule has 0 aliphatic carbocycles. The van der Waals surface area contributed by atoms with Gasteiger partial charge in [0.1, 0.15) is 11.6 Å². The van der Waals surface area contributed by atoms with E-state index in [0.717, 1.165) is 22.5 Å². The molecule has 4 nitrogen and oxygen atoms in total. The predicted octanol–water partition coefficient (Wildman–Crippen LogP) is 5.98. The molecule has 1 aromatic heterocycles. The van der Waals surface area contributed by atoms with Crippen LogP contribution in [0.15, 0.2) is 56.7 Å². The highest BCUT2D eigenvalue weighted by molar-refractivity contribution is 9.10. The Balaban J connectivity index is 1.41. The van der Waals surface area contributed by atoms with Crippen LogP contribution in [0, 0.1) is 5.82 Å². The molecular weight excluding hydrogens is 459 g/mol. The molecule has 2 heterocycles. The Bertz CT molecular complexity index is 932. The summed E-state index contributed by atoms with van der Waals surface area (Å²) in [7, 11) is 0. The number of halogens is 2. The van der Waals surface area contributed by atoms with Crippen molar-refractivity contribution in [3.05, 3.63) is 68.7 Å². The summed E-state index contributed by atoms with van der Waals surface area (Å²) in [5.74, 6) is 0.457. The summed E-state index contributed by atoms with van der Waals surface area (Å²) >= 11 is 6.27. The highest BCUT2D eigenvalue weighted by Gasteiger charge is 2.15. The number of benzene rings is 2. The first-order valence-electron chi connectivity index (χ1n) is 9.02. The smallest absolute Gasteiger partial charge is 0.147 e. The van der Waals surface area contributed by atoms with E-state index in [1.807, 2.05) is 5.38 Å². The van der Waals surface area contributed by atoms with Crippen molar-refractivity contribution in [3.8, 4) is 0 Å². The third-order valence-corrected chi connectivity index (χ3v) is 6.74. The Morgan fingerprint density at radius 2 is 2.04 bits per heavy atom. The molecule has 0 unspecified atom stereocenters. The lowest BCUT2D eigenvalue weighted by Crippen LogP contribution is -2.36. The van der Waals surface area contributed by atoms with Crippen molar-refractivity contribution in [2.45, 2.75) is 24.4 Å². The fraction of sp³-hybridized carbons (Fsp3) is 0.250. The minimum absolute atomic E-state index is 0.271. The lowest BCUT2D eigenvalue weighted by molar-refractivity contribution is 0.172. The van der Waals surface area contributed by atoms with E-state index in [-0.39, 0.29) is 5.82 Å². The highest BCUT2D eigenvalue weighted by atomic mass is 79.9. The van der Waals surface area contributed by atoms with Crippen molar-refractivity contribution in [1.82, 2.24) is 9.88 Å². The number of thiazole rings is 1. The van der Waals surface area contributed by atoms with Crippen LogP contribution in [0.25, 0.3) is 0 Å². The van der Waals surface area contributed by atoms with Gasteiger partial charge in [-0.2, -0.15) is 0 Å². The van der Waals surface area contributed by atoms with Crippen LogP contribution in [0.1, 0.15) is 17.5 Å². The molecule has 8 heteroatoms. The SMILES string of the molecule is Fc1cc(NCc2ccccc2CN2CCC2)c(Br)cc1SNc1cscn1. The summed E-state index contributed by atoms with van der Waals surface area (Å²) in [6.45, 7) is 3.98. The summed E-state index contributed by atoms with van der Waals surface area (Å²) in [6.07, 6.45) is 1.29. The lowest BCUT2D eigenvalue weighted by Gasteiger charge is -2.31. The molecule has 0 radical (unpaired) electrons. The van der Waals surface area contributed by atoms with E-state index in [2.05, 4.69) is 60.1 Å². The van der Waals surface area contributed by atoms with Crippen molar-refractivity contribution in [2.24, 2.45) is 0 Å². The first kappa shape index (κ1) is 19.7. The van der Waals surface area contributed by atoms with Crippen LogP contribution in [0.2, 0.25) is 0 Å². The fourth-order valence-electron chi connectivity index (χ4n) is 2.97. The number of likely N-dealkylation sites (tertiary alicyclic amines) is 1. The van der Waals surface area contributed by atoms with E-state index >= 15 is 0 Å². The molecule has 1 saturated heterocycles. The maximum atomic E-state index is 14.5. The second-order valence-corrected chi connectivity index (χ2v) is 9.01. The summed E-state index contributed by atoms with van der Waals surface area (Å²) in [5, 5.41) is 5.25. The van der Waals surface area contributed by atoms with Gasteiger partial charge < -0.3 is 10.0 Å². The second-order valence-electron chi connectivity index (χ2n) is 6.59. The van der Waals surface area contributed by atoms with E-state index in [1.54, 1.807) is 11.6 Å². The zero-order valence-corrected chi connectivity index (χ0v) is 18.3. The van der Waals surface area contributed by atoms with Gasteiger partial charge in [-0.15, -0.1) is 11.3 Å². The number of nitrogens with zero attached hydrogens (tertiary/aromatic N) is 2. The summed E-state index contributed by atoms with van der Waals surface area (Å²) in [5.41, 5.74) is 5.05. The molecule has 0 spiro atoms. The van der Waals surface area contributed by atoms with Gasteiger partial charge in [0.2, 0.25) is 0 Å². The molecule has 1 aliphatic heterocycles. The Kier molecular flexibility index (Phi) is 6.51. The van der Waals surface area contributed by atoms with Gasteiger partial charge in [0.15, 0.2) is 0 Å². The first-order chi connectivity index (χ1) is 13.7. The molecular formula is C20H20BrFN4S2. The number of anilines is 2. The average Bonchev–Trinajstić information content (AvgIpc) is 3.18. The van der Waals surface area contributed by atoms with E-state index in [1.165, 1.54) is 60.0 Å². The Morgan fingerprint density at radius 3 is 2.75 bits per heavy atom. The van der Waals surface area contributed by atoms with Gasteiger partial charge in [-0.3, -0.25) is 4.90 Å². The van der Waals surface area contributed by atoms with Gasteiger partial charge in [-0.05, 0) is 70.6 Å². The number of hydrogen-bond donors (Lipinski definition) is 2. The minimum atomic E-state index is -0.271. The summed E-state index contributed by atoms with van der Waals surface area (Å²) in [6, 6.07) is 11.8. The standard InChI is InChI=1S/C20H20BrFN4S2/c21-16-8-19(28-25-20-12-27-13-24-20)17(22)9-18(16)23-10-14-4-1-2-5-15(14)11-26-6-3-7-26/h1-2,4-5,8-9,12-13,23,25H,3,6-7,10-11H2. The van der Waals surface area contributed by atoms with Crippen molar-refractivity contribution < 1.29 is 4.39 Å². The van der Waals surface area contributed by atoms with Crippen LogP contribution in [0.5, 0.6) is 0 Å². The maximum Gasteiger partial charge on any atom is 0.147 e. The second kappa shape index (κ2) is 9.26. The normalized spacial score (nSPS) is 13.9. The molecule has 2 N–H and O–H groups in total. The van der Waals surface area contributed by atoms with Crippen LogP contribution in [0.4, 0.5) is 15.9 Å². The molecule has 0 atom stereocenters. The van der Waals surface area contributed by atoms with Crippen molar-refractivity contribution in [2.75, 3.05) is 23.1 Å². The van der Waals surface area contributed by atoms with E-state index in [0.29, 0.717) is 11.4 Å². The van der Waals surface area contributed by atoms with Gasteiger partial charge in [-0.1, -0.05) is 24.3 Å². The molecule has 4 rings (SSSR count). The molecule has 0 amide bonds. The summed E-state index contributed by atoms with van der Waals surface area (Å²) in [4.78, 5) is 7.10. The quantitative estimate of drug-likeness (QED) is 0.389. The molecule has 146 valence electrons. The average molecular weight is 479 g/mol. The molecule has 28 heavy (non-hydrogen) atoms. The molecule has 0 saturated carbocycles. The third-order valence-electron chi connectivity index (χ3n) is 4.65. The monoisotopic (exact) mass is 478 g/mol. The van der Waals surface area contributed by atoms with E-state index < -0.39 is 0 Å². The maximum absolute atomic E-state index is 14.5. The van der Waals surface area contributed by atoms with Crippen LogP contribution >= 0.6 is 39.2 Å². The van der Waals surface area contributed by atoms with Crippen molar-refractivity contribution in [1.29, 1.82) is 0 Å². The summed E-state index contributed by atoms with van der Waals surface area (Å²) < 4.78 is 18.4. The van der Waals surface area contributed by atoms with Gasteiger partial charge in [0, 0.05) is 22.9 Å². The molecule has 3 aromatic rings. The van der Waals surface area contributed by atoms with Crippen LogP contribution in [-0.2, 0) is 13.1 Å². The predicted molar refractivity (Wildman–Crippen MR) is 119 cm³/mol. The highest BCUT2D eigenvalue weighted by Crippen LogP contribution is 2.32. The van der Waals surface area contributed by atoms with Gasteiger partial charge >= 0.3 is 0 Å². The van der Waals surface area contributed by atoms with Crippen LogP contribution < -0.4 is 10.0 Å². The van der Waals surface area contributed by atoms with Crippen molar-refractivity contribution >= 4 is 50.7 Å².